The average Bonchev–Trinajstić information content (AvgIpc) is 2.89. The summed E-state index contributed by atoms with van der Waals surface area (Å²) in [5, 5.41) is 4.40. The van der Waals surface area contributed by atoms with Gasteiger partial charge in [0.25, 0.3) is 0 Å². The number of aromatic nitrogens is 2. The van der Waals surface area contributed by atoms with Gasteiger partial charge in [0.05, 0.1) is 17.7 Å². The molecule has 20 heavy (non-hydrogen) atoms. The van der Waals surface area contributed by atoms with Gasteiger partial charge >= 0.3 is 0 Å². The number of nitrogens with zero attached hydrogens (tertiary/aromatic N) is 3. The Balaban J connectivity index is 2.03. The van der Waals surface area contributed by atoms with E-state index in [9.17, 15) is 0 Å². The van der Waals surface area contributed by atoms with Crippen LogP contribution in [0.4, 0.5) is 5.13 Å². The summed E-state index contributed by atoms with van der Waals surface area (Å²) in [6, 6.07) is 6.13. The molecule has 0 aliphatic rings. The molecule has 0 aliphatic heterocycles. The van der Waals surface area contributed by atoms with E-state index in [4.69, 9.17) is 4.74 Å². The molecule has 5 nitrogen and oxygen atoms in total. The molecule has 0 radical (unpaired) electrons. The molecule has 0 bridgehead atoms. The van der Waals surface area contributed by atoms with Gasteiger partial charge in [0, 0.05) is 32.9 Å². The summed E-state index contributed by atoms with van der Waals surface area (Å²) in [5.74, 6) is 0.694. The minimum absolute atomic E-state index is 0.186. The van der Waals surface area contributed by atoms with E-state index in [1.807, 2.05) is 43.4 Å². The molecule has 2 aromatic rings. The van der Waals surface area contributed by atoms with E-state index in [0.29, 0.717) is 12.4 Å². The smallest absolute Gasteiger partial charge is 0.230 e. The van der Waals surface area contributed by atoms with Crippen molar-refractivity contribution in [2.45, 2.75) is 19.5 Å². The van der Waals surface area contributed by atoms with E-state index >= 15 is 0 Å². The second-order valence-corrected chi connectivity index (χ2v) is 5.74. The SMILES string of the molecule is COc1nc(N(C)C)sc1CN[C@H](C)c1ccccn1. The predicted octanol–water partition coefficient (Wildman–Crippen LogP) is 2.46. The Morgan fingerprint density at radius 2 is 2.20 bits per heavy atom. The number of rotatable bonds is 6. The lowest BCUT2D eigenvalue weighted by Gasteiger charge is -2.12. The van der Waals surface area contributed by atoms with E-state index in [1.54, 1.807) is 18.4 Å². The largest absolute Gasteiger partial charge is 0.480 e. The second-order valence-electron chi connectivity index (χ2n) is 4.68. The summed E-state index contributed by atoms with van der Waals surface area (Å²) >= 11 is 1.64. The molecule has 0 amide bonds. The summed E-state index contributed by atoms with van der Waals surface area (Å²) in [6.07, 6.45) is 1.81. The quantitative estimate of drug-likeness (QED) is 0.886. The Morgan fingerprint density at radius 3 is 2.80 bits per heavy atom. The molecule has 2 heterocycles. The summed E-state index contributed by atoms with van der Waals surface area (Å²) in [4.78, 5) is 11.9. The lowest BCUT2D eigenvalue weighted by Crippen LogP contribution is -2.18. The van der Waals surface area contributed by atoms with Crippen molar-refractivity contribution >= 4 is 16.5 Å². The van der Waals surface area contributed by atoms with Gasteiger partial charge in [0.15, 0.2) is 5.13 Å². The van der Waals surface area contributed by atoms with E-state index in [0.717, 1.165) is 15.7 Å². The van der Waals surface area contributed by atoms with Gasteiger partial charge in [-0.25, -0.2) is 0 Å². The zero-order chi connectivity index (χ0) is 14.5. The van der Waals surface area contributed by atoms with Crippen LogP contribution in [0.3, 0.4) is 0 Å². The van der Waals surface area contributed by atoms with Gasteiger partial charge in [0.2, 0.25) is 5.88 Å². The average molecular weight is 292 g/mol. The molecule has 6 heteroatoms. The van der Waals surface area contributed by atoms with Gasteiger partial charge in [-0.15, -0.1) is 0 Å². The van der Waals surface area contributed by atoms with Crippen molar-refractivity contribution < 1.29 is 4.74 Å². The molecular formula is C14H20N4OS. The summed E-state index contributed by atoms with van der Waals surface area (Å²) < 4.78 is 5.33. The van der Waals surface area contributed by atoms with Crippen molar-refractivity contribution in [3.05, 3.63) is 35.0 Å². The number of hydrogen-bond acceptors (Lipinski definition) is 6. The molecule has 0 aromatic carbocycles. The maximum Gasteiger partial charge on any atom is 0.230 e. The first-order chi connectivity index (χ1) is 9.61. The third kappa shape index (κ3) is 3.46. The Hall–Kier alpha value is -1.66. The number of anilines is 1. The zero-order valence-electron chi connectivity index (χ0n) is 12.3. The number of hydrogen-bond donors (Lipinski definition) is 1. The molecule has 0 unspecified atom stereocenters. The van der Waals surface area contributed by atoms with Crippen LogP contribution in [0.15, 0.2) is 24.4 Å². The van der Waals surface area contributed by atoms with Gasteiger partial charge in [-0.3, -0.25) is 4.98 Å². The van der Waals surface area contributed by atoms with Gasteiger partial charge in [-0.1, -0.05) is 17.4 Å². The maximum absolute atomic E-state index is 5.33. The van der Waals surface area contributed by atoms with Crippen LogP contribution in [0.1, 0.15) is 23.5 Å². The monoisotopic (exact) mass is 292 g/mol. The predicted molar refractivity (Wildman–Crippen MR) is 82.5 cm³/mol. The number of pyridine rings is 1. The summed E-state index contributed by atoms with van der Waals surface area (Å²) in [7, 11) is 5.61. The lowest BCUT2D eigenvalue weighted by atomic mass is 10.2. The molecule has 1 N–H and O–H groups in total. The molecular weight excluding hydrogens is 272 g/mol. The van der Waals surface area contributed by atoms with Crippen molar-refractivity contribution in [2.75, 3.05) is 26.1 Å². The van der Waals surface area contributed by atoms with Crippen LogP contribution in [0, 0.1) is 0 Å². The fourth-order valence-corrected chi connectivity index (χ4v) is 2.67. The molecule has 0 aliphatic carbocycles. The summed E-state index contributed by atoms with van der Waals surface area (Å²) in [5.41, 5.74) is 1.03. The topological polar surface area (TPSA) is 50.3 Å². The van der Waals surface area contributed by atoms with E-state index < -0.39 is 0 Å². The lowest BCUT2D eigenvalue weighted by molar-refractivity contribution is 0.393. The highest BCUT2D eigenvalue weighted by Crippen LogP contribution is 2.30. The van der Waals surface area contributed by atoms with Gasteiger partial charge < -0.3 is 15.0 Å². The first-order valence-electron chi connectivity index (χ1n) is 6.47. The fraction of sp³-hybridized carbons (Fsp3) is 0.429. The minimum atomic E-state index is 0.186. The third-order valence-corrected chi connectivity index (χ3v) is 4.13. The fourth-order valence-electron chi connectivity index (χ4n) is 1.77. The Kier molecular flexibility index (Phi) is 4.92. The van der Waals surface area contributed by atoms with E-state index in [2.05, 4.69) is 22.2 Å². The maximum atomic E-state index is 5.33. The minimum Gasteiger partial charge on any atom is -0.480 e. The summed E-state index contributed by atoms with van der Waals surface area (Å²) in [6.45, 7) is 2.81. The highest BCUT2D eigenvalue weighted by Gasteiger charge is 2.14. The van der Waals surface area contributed by atoms with E-state index in [-0.39, 0.29) is 6.04 Å². The normalized spacial score (nSPS) is 12.2. The highest BCUT2D eigenvalue weighted by atomic mass is 32.1. The van der Waals surface area contributed by atoms with Crippen LogP contribution in [0.5, 0.6) is 5.88 Å². The van der Waals surface area contributed by atoms with Crippen molar-refractivity contribution in [3.8, 4) is 5.88 Å². The highest BCUT2D eigenvalue weighted by molar-refractivity contribution is 7.15. The van der Waals surface area contributed by atoms with Crippen LogP contribution in [0.25, 0.3) is 0 Å². The number of ether oxygens (including phenoxy) is 1. The van der Waals surface area contributed by atoms with Crippen molar-refractivity contribution in [3.63, 3.8) is 0 Å². The Labute approximate surface area is 123 Å². The second kappa shape index (κ2) is 6.67. The first-order valence-corrected chi connectivity index (χ1v) is 7.28. The van der Waals surface area contributed by atoms with E-state index in [1.165, 1.54) is 0 Å². The third-order valence-electron chi connectivity index (χ3n) is 2.93. The van der Waals surface area contributed by atoms with Crippen LogP contribution >= 0.6 is 11.3 Å². The first kappa shape index (κ1) is 14.7. The van der Waals surface area contributed by atoms with Crippen molar-refractivity contribution in [1.82, 2.24) is 15.3 Å². The standard InChI is InChI=1S/C14H20N4OS/c1-10(11-7-5-6-8-15-11)16-9-12-13(19-4)17-14(20-12)18(2)3/h5-8,10,16H,9H2,1-4H3/t10-/m1/s1. The molecule has 0 spiro atoms. The van der Waals surface area contributed by atoms with Crippen molar-refractivity contribution in [1.29, 1.82) is 0 Å². The molecule has 1 atom stereocenters. The number of methoxy groups -OCH3 is 1. The molecule has 2 aromatic heterocycles. The van der Waals surface area contributed by atoms with Crippen LogP contribution in [0.2, 0.25) is 0 Å². The molecule has 0 saturated heterocycles. The molecule has 108 valence electrons. The molecule has 0 fully saturated rings. The van der Waals surface area contributed by atoms with Gasteiger partial charge in [-0.2, -0.15) is 4.98 Å². The molecule has 2 rings (SSSR count). The van der Waals surface area contributed by atoms with Gasteiger partial charge in [0.1, 0.15) is 0 Å². The van der Waals surface area contributed by atoms with Crippen LogP contribution in [-0.2, 0) is 6.54 Å². The van der Waals surface area contributed by atoms with Crippen molar-refractivity contribution in [2.24, 2.45) is 0 Å². The number of thiazole rings is 1. The Morgan fingerprint density at radius 1 is 1.40 bits per heavy atom. The zero-order valence-corrected chi connectivity index (χ0v) is 13.1. The molecule has 0 saturated carbocycles. The number of nitrogens with one attached hydrogen (secondary N) is 1. The van der Waals surface area contributed by atoms with Crippen LogP contribution < -0.4 is 15.0 Å². The van der Waals surface area contributed by atoms with Gasteiger partial charge in [-0.05, 0) is 19.1 Å². The Bertz CT molecular complexity index is 541. The van der Waals surface area contributed by atoms with Crippen LogP contribution in [-0.4, -0.2) is 31.2 Å².